The third-order valence-electron chi connectivity index (χ3n) is 13.8. The summed E-state index contributed by atoms with van der Waals surface area (Å²) in [6.07, 6.45) is 52.9. The Kier molecular flexibility index (Phi) is 45.3. The molecule has 0 radical (unpaired) electrons. The summed E-state index contributed by atoms with van der Waals surface area (Å²) >= 11 is 0. The fraction of sp³-hybridized carbons (Fsp3) is 0.697. The molecule has 0 aromatic heterocycles. The van der Waals surface area contributed by atoms with E-state index in [1.807, 2.05) is 0 Å². The maximum atomic E-state index is 12.6. The molecule has 3 heteroatoms. The first-order valence-corrected chi connectivity index (χ1v) is 29.8. The maximum absolute atomic E-state index is 12.6. The zero-order chi connectivity index (χ0) is 49.9. The van der Waals surface area contributed by atoms with Crippen LogP contribution in [0.3, 0.4) is 0 Å². The van der Waals surface area contributed by atoms with E-state index < -0.39 is 0 Å². The molecule has 0 fully saturated rings. The Labute approximate surface area is 442 Å². The monoisotopic (exact) mass is 991 g/mol. The zero-order valence-electron chi connectivity index (χ0n) is 47.1. The molecule has 2 aromatic rings. The van der Waals surface area contributed by atoms with Crippen LogP contribution in [0.2, 0.25) is 0 Å². The SMILES string of the molecule is CCCCCCCCCCCCCCCCC=CC1=C(c2cc(CCCCC)cc(CCCCCC)c2)[N+](=[N-])C(c2cc(CCCCC)cc(CCCCCC)c2)=C1CC.[CH2-]CCC.[CH2-]CCC.[Ni+2]. The van der Waals surface area contributed by atoms with Gasteiger partial charge in [-0.25, -0.2) is 4.70 Å². The van der Waals surface area contributed by atoms with Crippen LogP contribution in [0.4, 0.5) is 0 Å². The van der Waals surface area contributed by atoms with Gasteiger partial charge in [0.2, 0.25) is 11.4 Å². The van der Waals surface area contributed by atoms with E-state index in [1.54, 1.807) is 4.70 Å². The molecule has 0 saturated carbocycles. The Morgan fingerprint density at radius 3 is 1.01 bits per heavy atom. The summed E-state index contributed by atoms with van der Waals surface area (Å²) in [5, 5.41) is 0. The fourth-order valence-corrected chi connectivity index (χ4v) is 9.44. The molecule has 0 bridgehead atoms. The van der Waals surface area contributed by atoms with Crippen LogP contribution in [0.5, 0.6) is 0 Å². The average molecular weight is 992 g/mol. The van der Waals surface area contributed by atoms with E-state index in [0.717, 1.165) is 62.8 Å². The predicted octanol–water partition coefficient (Wildman–Crippen LogP) is 22.6. The number of aryl methyl sites for hydroxylation is 4. The molecule has 396 valence electrons. The summed E-state index contributed by atoms with van der Waals surface area (Å²) in [6.45, 7) is 25.2. The van der Waals surface area contributed by atoms with Crippen LogP contribution in [-0.4, -0.2) is 4.70 Å². The Morgan fingerprint density at radius 1 is 0.391 bits per heavy atom. The average Bonchev–Trinajstić information content (AvgIpc) is 3.64. The van der Waals surface area contributed by atoms with Crippen LogP contribution in [0.25, 0.3) is 16.9 Å². The van der Waals surface area contributed by atoms with Gasteiger partial charge in [0.05, 0.1) is 5.57 Å². The molecule has 1 aliphatic rings. The summed E-state index contributed by atoms with van der Waals surface area (Å²) in [6, 6.07) is 14.6. The molecule has 1 aliphatic heterocycles. The Hall–Kier alpha value is -2.25. The van der Waals surface area contributed by atoms with Crippen molar-refractivity contribution < 1.29 is 21.2 Å². The first-order chi connectivity index (χ1) is 33.3. The van der Waals surface area contributed by atoms with Crippen molar-refractivity contribution in [3.8, 4) is 0 Å². The number of allylic oxidation sites excluding steroid dienone is 4. The molecule has 0 amide bonds. The Balaban J connectivity index is 0.00000475. The molecular formula is C66H112N2Ni. The van der Waals surface area contributed by atoms with Crippen molar-refractivity contribution in [1.82, 2.24) is 0 Å². The molecular weight excluding hydrogens is 879 g/mol. The second-order valence-corrected chi connectivity index (χ2v) is 20.4. The van der Waals surface area contributed by atoms with E-state index >= 15 is 0 Å². The molecule has 0 spiro atoms. The second-order valence-electron chi connectivity index (χ2n) is 20.4. The van der Waals surface area contributed by atoms with Gasteiger partial charge < -0.3 is 19.4 Å². The third-order valence-corrected chi connectivity index (χ3v) is 13.8. The van der Waals surface area contributed by atoms with Gasteiger partial charge in [0.1, 0.15) is 0 Å². The minimum atomic E-state index is 0. The number of nitrogens with zero attached hydrogens (tertiary/aromatic N) is 2. The number of benzene rings is 2. The maximum Gasteiger partial charge on any atom is 2.00 e. The molecule has 0 saturated heterocycles. The molecule has 69 heavy (non-hydrogen) atoms. The van der Waals surface area contributed by atoms with E-state index in [1.165, 1.54) is 237 Å². The molecule has 0 atom stereocenters. The van der Waals surface area contributed by atoms with Crippen molar-refractivity contribution in [3.05, 3.63) is 112 Å². The molecule has 0 unspecified atom stereocenters. The van der Waals surface area contributed by atoms with Gasteiger partial charge in [0, 0.05) is 16.7 Å². The first-order valence-electron chi connectivity index (χ1n) is 29.8. The predicted molar refractivity (Wildman–Crippen MR) is 307 cm³/mol. The summed E-state index contributed by atoms with van der Waals surface area (Å²) in [5.41, 5.74) is 25.2. The quantitative estimate of drug-likeness (QED) is 0.0276. The molecule has 3 rings (SSSR count). The summed E-state index contributed by atoms with van der Waals surface area (Å²) in [5.74, 6) is 0. The van der Waals surface area contributed by atoms with Gasteiger partial charge in [-0.3, -0.25) is 0 Å². The molecule has 2 nitrogen and oxygen atoms in total. The molecule has 0 aliphatic carbocycles. The third kappa shape index (κ3) is 30.4. The summed E-state index contributed by atoms with van der Waals surface area (Å²) < 4.78 is 1.63. The van der Waals surface area contributed by atoms with E-state index in [0.29, 0.717) is 0 Å². The van der Waals surface area contributed by atoms with Crippen LogP contribution in [0.15, 0.2) is 59.7 Å². The fourth-order valence-electron chi connectivity index (χ4n) is 9.44. The molecule has 0 N–H and O–H groups in total. The molecule has 2 aromatic carbocycles. The van der Waals surface area contributed by atoms with Gasteiger partial charge in [-0.15, -0.1) is 0 Å². The Bertz CT molecular complexity index is 1620. The molecule has 1 heterocycles. The topological polar surface area (TPSA) is 25.3 Å². The minimum absolute atomic E-state index is 0. The van der Waals surface area contributed by atoms with Gasteiger partial charge >= 0.3 is 16.5 Å². The second kappa shape index (κ2) is 46.8. The van der Waals surface area contributed by atoms with Crippen molar-refractivity contribution in [3.63, 3.8) is 0 Å². The standard InChI is InChI=1S/C58H94N2.2C4H9.Ni/c1-7-13-18-21-22-23-24-25-26-27-28-29-30-31-32-37-42-56-55(12-6)57(53-45-49(38-33-16-10-4)43-51(46-53)40-35-19-14-8-2)60(59)58(56)54-47-50(39-34-17-11-5)44-52(48-54)41-36-20-15-9-3;2*1-3-4-2;/h37,42-48H,7-36,38-41H2,1-6H3;2*1,3-4H2,2H3;/q;2*-1;+2. The van der Waals surface area contributed by atoms with E-state index in [4.69, 9.17) is 0 Å². The first kappa shape index (κ1) is 66.8. The van der Waals surface area contributed by atoms with Crippen molar-refractivity contribution in [2.75, 3.05) is 0 Å². The number of rotatable bonds is 39. The van der Waals surface area contributed by atoms with Crippen molar-refractivity contribution in [2.45, 2.75) is 299 Å². The van der Waals surface area contributed by atoms with Crippen LogP contribution in [0, 0.1) is 13.8 Å². The van der Waals surface area contributed by atoms with Crippen molar-refractivity contribution in [2.24, 2.45) is 0 Å². The Morgan fingerprint density at radius 2 is 0.681 bits per heavy atom. The van der Waals surface area contributed by atoms with E-state index in [9.17, 15) is 5.53 Å². The van der Waals surface area contributed by atoms with Gasteiger partial charge in [0.25, 0.3) is 0 Å². The van der Waals surface area contributed by atoms with E-state index in [-0.39, 0.29) is 16.5 Å². The zero-order valence-corrected chi connectivity index (χ0v) is 48.1. The van der Waals surface area contributed by atoms with Crippen molar-refractivity contribution in [1.29, 1.82) is 0 Å². The van der Waals surface area contributed by atoms with Gasteiger partial charge in [-0.05, 0) is 117 Å². The van der Waals surface area contributed by atoms with Crippen LogP contribution >= 0.6 is 0 Å². The largest absolute Gasteiger partial charge is 2.00 e. The normalized spacial score (nSPS) is 12.4. The number of unbranched alkanes of at least 4 members (excludes halogenated alkanes) is 26. The number of hydrogen-bond donors (Lipinski definition) is 0. The van der Waals surface area contributed by atoms with Crippen LogP contribution in [-0.2, 0) is 42.2 Å². The van der Waals surface area contributed by atoms with E-state index in [2.05, 4.69) is 118 Å². The smallest absolute Gasteiger partial charge is 0.493 e. The summed E-state index contributed by atoms with van der Waals surface area (Å²) in [7, 11) is 0. The summed E-state index contributed by atoms with van der Waals surface area (Å²) in [4.78, 5) is 0. The van der Waals surface area contributed by atoms with Crippen LogP contribution < -0.4 is 0 Å². The van der Waals surface area contributed by atoms with Gasteiger partial charge in [0.15, 0.2) is 0 Å². The van der Waals surface area contributed by atoms with Crippen LogP contribution in [0.1, 0.15) is 307 Å². The minimum Gasteiger partial charge on any atom is -0.493 e. The number of hydrogen-bond acceptors (Lipinski definition) is 0. The van der Waals surface area contributed by atoms with Gasteiger partial charge in [-0.1, -0.05) is 240 Å². The van der Waals surface area contributed by atoms with Crippen molar-refractivity contribution >= 4 is 11.4 Å². The van der Waals surface area contributed by atoms with Gasteiger partial charge in [-0.2, -0.15) is 12.8 Å².